The van der Waals surface area contributed by atoms with E-state index in [-0.39, 0.29) is 13.2 Å². The molecule has 0 aliphatic carbocycles. The van der Waals surface area contributed by atoms with Crippen LogP contribution in [0.1, 0.15) is 37.9 Å². The van der Waals surface area contributed by atoms with Crippen molar-refractivity contribution in [1.29, 1.82) is 0 Å². The van der Waals surface area contributed by atoms with Crippen molar-refractivity contribution < 1.29 is 28.5 Å². The van der Waals surface area contributed by atoms with Gasteiger partial charge in [0.25, 0.3) is 5.91 Å². The number of halogens is 1. The van der Waals surface area contributed by atoms with Crippen LogP contribution in [0, 0.1) is 3.57 Å². The monoisotopic (exact) mass is 652 g/mol. The van der Waals surface area contributed by atoms with Crippen molar-refractivity contribution in [3.63, 3.8) is 0 Å². The summed E-state index contributed by atoms with van der Waals surface area (Å²) in [5.41, 5.74) is 4.78. The third-order valence-electron chi connectivity index (χ3n) is 5.30. The second-order valence-corrected chi connectivity index (χ2v) is 9.45. The predicted octanol–water partition coefficient (Wildman–Crippen LogP) is 3.58. The molecule has 12 heteroatoms. The van der Waals surface area contributed by atoms with E-state index in [1.54, 1.807) is 45.2 Å². The van der Waals surface area contributed by atoms with Crippen LogP contribution in [0.25, 0.3) is 0 Å². The Morgan fingerprint density at radius 2 is 1.92 bits per heavy atom. The summed E-state index contributed by atoms with van der Waals surface area (Å²) in [6.45, 7) is 5.83. The number of nitrogens with one attached hydrogen (secondary N) is 3. The largest absolute Gasteiger partial charge is 0.493 e. The summed E-state index contributed by atoms with van der Waals surface area (Å²) in [4.78, 5) is 25.1. The maximum absolute atomic E-state index is 12.7. The first-order chi connectivity index (χ1) is 18.3. The third-order valence-corrected chi connectivity index (χ3v) is 6.32. The molecule has 38 heavy (non-hydrogen) atoms. The van der Waals surface area contributed by atoms with E-state index >= 15 is 0 Å². The van der Waals surface area contributed by atoms with Gasteiger partial charge in [-0.3, -0.25) is 4.79 Å². The number of amides is 1. The molecule has 1 heterocycles. The average Bonchev–Trinajstić information content (AvgIpc) is 2.88. The quantitative estimate of drug-likeness (QED) is 0.110. The van der Waals surface area contributed by atoms with Crippen molar-refractivity contribution >= 4 is 58.0 Å². The molecular weight excluding hydrogens is 623 g/mol. The smallest absolute Gasteiger partial charge is 0.338 e. The van der Waals surface area contributed by atoms with Gasteiger partial charge in [-0.15, -0.1) is 0 Å². The van der Waals surface area contributed by atoms with Crippen LogP contribution < -0.4 is 30.3 Å². The van der Waals surface area contributed by atoms with Crippen molar-refractivity contribution in [1.82, 2.24) is 16.1 Å². The maximum atomic E-state index is 12.7. The Hall–Kier alpha value is -3.39. The molecule has 1 aliphatic heterocycles. The predicted molar refractivity (Wildman–Crippen MR) is 155 cm³/mol. The second-order valence-electron chi connectivity index (χ2n) is 7.88. The lowest BCUT2D eigenvalue weighted by atomic mass is 9.95. The minimum Gasteiger partial charge on any atom is -0.493 e. The molecule has 1 aliphatic rings. The minimum absolute atomic E-state index is 0.230. The van der Waals surface area contributed by atoms with Crippen LogP contribution in [0.15, 0.2) is 52.8 Å². The summed E-state index contributed by atoms with van der Waals surface area (Å²) < 4.78 is 22.9. The van der Waals surface area contributed by atoms with Gasteiger partial charge in [0.05, 0.1) is 41.7 Å². The van der Waals surface area contributed by atoms with E-state index in [0.29, 0.717) is 45.8 Å². The lowest BCUT2D eigenvalue weighted by Gasteiger charge is -2.30. The van der Waals surface area contributed by atoms with Gasteiger partial charge in [-0.25, -0.2) is 10.2 Å². The van der Waals surface area contributed by atoms with Gasteiger partial charge in [-0.1, -0.05) is 18.2 Å². The van der Waals surface area contributed by atoms with Crippen LogP contribution in [0.2, 0.25) is 0 Å². The van der Waals surface area contributed by atoms with Gasteiger partial charge in [0, 0.05) is 11.3 Å². The molecule has 0 spiro atoms. The number of carbonyl (C=O) groups is 2. The van der Waals surface area contributed by atoms with E-state index < -0.39 is 17.9 Å². The second kappa shape index (κ2) is 14.0. The molecule has 1 atom stereocenters. The first kappa shape index (κ1) is 29.2. The van der Waals surface area contributed by atoms with E-state index in [2.05, 4.69) is 43.8 Å². The SMILES string of the molecule is CCOC(=O)C1=C(C)NC(=S)N[C@@H]1c1ccccc1OCC(=O)NN=Cc1cc(I)c(OCC)c(OC)c1. The number of para-hydroxylation sites is 1. The Balaban J connectivity index is 1.70. The van der Waals surface area contributed by atoms with Crippen molar-refractivity contribution in [2.45, 2.75) is 26.8 Å². The molecule has 202 valence electrons. The zero-order valence-electron chi connectivity index (χ0n) is 21.4. The Bertz CT molecular complexity index is 1270. The van der Waals surface area contributed by atoms with Crippen molar-refractivity contribution in [2.24, 2.45) is 5.10 Å². The van der Waals surface area contributed by atoms with Crippen LogP contribution in [-0.2, 0) is 14.3 Å². The molecular formula is C26H29IN4O6S. The number of esters is 1. The molecule has 1 amide bonds. The van der Waals surface area contributed by atoms with Crippen LogP contribution in [0.4, 0.5) is 0 Å². The third kappa shape index (κ3) is 7.34. The first-order valence-electron chi connectivity index (χ1n) is 11.8. The minimum atomic E-state index is -0.614. The highest BCUT2D eigenvalue weighted by Gasteiger charge is 2.32. The number of carbonyl (C=O) groups excluding carboxylic acids is 2. The topological polar surface area (TPSA) is 120 Å². The molecule has 3 N–H and O–H groups in total. The summed E-state index contributed by atoms with van der Waals surface area (Å²) in [7, 11) is 1.56. The van der Waals surface area contributed by atoms with Crippen molar-refractivity contribution in [3.8, 4) is 17.2 Å². The Morgan fingerprint density at radius 1 is 1.16 bits per heavy atom. The maximum Gasteiger partial charge on any atom is 0.338 e. The Kier molecular flexibility index (Phi) is 10.7. The molecule has 0 unspecified atom stereocenters. The fourth-order valence-electron chi connectivity index (χ4n) is 3.71. The van der Waals surface area contributed by atoms with Crippen LogP contribution in [0.3, 0.4) is 0 Å². The number of thiocarbonyl (C=S) groups is 1. The van der Waals surface area contributed by atoms with E-state index in [4.69, 9.17) is 31.2 Å². The van der Waals surface area contributed by atoms with Crippen LogP contribution in [0.5, 0.6) is 17.2 Å². The summed E-state index contributed by atoms with van der Waals surface area (Å²) in [6, 6.07) is 10.1. The van der Waals surface area contributed by atoms with Gasteiger partial charge in [0.1, 0.15) is 5.75 Å². The molecule has 0 saturated heterocycles. The average molecular weight is 653 g/mol. The lowest BCUT2D eigenvalue weighted by molar-refractivity contribution is -0.139. The number of hydrogen-bond donors (Lipinski definition) is 3. The number of rotatable bonds is 11. The van der Waals surface area contributed by atoms with Crippen molar-refractivity contribution in [2.75, 3.05) is 26.9 Å². The number of hydrazone groups is 1. The zero-order chi connectivity index (χ0) is 27.7. The van der Waals surface area contributed by atoms with Crippen LogP contribution in [-0.4, -0.2) is 50.1 Å². The highest BCUT2D eigenvalue weighted by molar-refractivity contribution is 14.1. The van der Waals surface area contributed by atoms with Crippen molar-refractivity contribution in [3.05, 3.63) is 62.4 Å². The standard InChI is InChI=1S/C26H29IN4O6S/c1-5-35-24-18(27)11-16(12-20(24)34-4)13-28-31-21(32)14-37-19-10-8-7-9-17(19)23-22(25(33)36-6-2)15(3)29-26(38)30-23/h7-13,23H,5-6,14H2,1-4H3,(H,31,32)(H2,29,30,38)/t23-/m1/s1. The van der Waals surface area contributed by atoms with Gasteiger partial charge in [0.2, 0.25) is 0 Å². The highest BCUT2D eigenvalue weighted by Crippen LogP contribution is 2.34. The van der Waals surface area contributed by atoms with Crippen LogP contribution >= 0.6 is 34.8 Å². The van der Waals surface area contributed by atoms with Gasteiger partial charge in [-0.2, -0.15) is 5.10 Å². The summed E-state index contributed by atoms with van der Waals surface area (Å²) >= 11 is 7.45. The molecule has 0 bridgehead atoms. The molecule has 2 aromatic rings. The van der Waals surface area contributed by atoms with Gasteiger partial charge >= 0.3 is 5.97 Å². The van der Waals surface area contributed by atoms with Gasteiger partial charge < -0.3 is 29.6 Å². The number of nitrogens with zero attached hydrogens (tertiary/aromatic N) is 1. The summed E-state index contributed by atoms with van der Waals surface area (Å²) in [6.07, 6.45) is 1.51. The Morgan fingerprint density at radius 3 is 2.63 bits per heavy atom. The van der Waals surface area contributed by atoms with E-state index in [9.17, 15) is 9.59 Å². The number of benzene rings is 2. The number of hydrogen-bond acceptors (Lipinski definition) is 8. The number of ether oxygens (including phenoxy) is 4. The fourth-order valence-corrected chi connectivity index (χ4v) is 4.76. The molecule has 0 saturated carbocycles. The van der Waals surface area contributed by atoms with E-state index in [1.165, 1.54) is 6.21 Å². The Labute approximate surface area is 240 Å². The highest BCUT2D eigenvalue weighted by atomic mass is 127. The van der Waals surface area contributed by atoms with Gasteiger partial charge in [0.15, 0.2) is 23.2 Å². The normalized spacial score (nSPS) is 15.0. The fraction of sp³-hybridized carbons (Fsp3) is 0.308. The summed E-state index contributed by atoms with van der Waals surface area (Å²) in [5.74, 6) is 0.705. The molecule has 2 aromatic carbocycles. The zero-order valence-corrected chi connectivity index (χ0v) is 24.4. The van der Waals surface area contributed by atoms with E-state index in [1.807, 2.05) is 19.1 Å². The van der Waals surface area contributed by atoms with E-state index in [0.717, 1.165) is 9.13 Å². The molecule has 0 radical (unpaired) electrons. The van der Waals surface area contributed by atoms with Gasteiger partial charge in [-0.05, 0) is 79.3 Å². The molecule has 0 aromatic heterocycles. The number of methoxy groups -OCH3 is 1. The lowest BCUT2D eigenvalue weighted by Crippen LogP contribution is -2.45. The molecule has 0 fully saturated rings. The number of allylic oxidation sites excluding steroid dienone is 1. The first-order valence-corrected chi connectivity index (χ1v) is 13.3. The summed E-state index contributed by atoms with van der Waals surface area (Å²) in [5, 5.41) is 10.4. The molecule has 10 nitrogen and oxygen atoms in total. The molecule has 3 rings (SSSR count).